The summed E-state index contributed by atoms with van der Waals surface area (Å²) in [5.74, 6) is -0.515. The summed E-state index contributed by atoms with van der Waals surface area (Å²) in [5.41, 5.74) is 0. The number of amides is 1. The summed E-state index contributed by atoms with van der Waals surface area (Å²) in [4.78, 5) is 33.9. The molecular formula is C46H90NO8P. The second-order valence-electron chi connectivity index (χ2n) is 16.1. The Morgan fingerprint density at radius 2 is 0.911 bits per heavy atom. The van der Waals surface area contributed by atoms with Crippen LogP contribution in [0.4, 0.5) is 0 Å². The molecule has 0 saturated heterocycles. The van der Waals surface area contributed by atoms with Crippen LogP contribution in [0, 0.1) is 0 Å². The Morgan fingerprint density at radius 3 is 1.36 bits per heavy atom. The van der Waals surface area contributed by atoms with E-state index in [0.717, 1.165) is 57.8 Å². The lowest BCUT2D eigenvalue weighted by Gasteiger charge is -2.15. The van der Waals surface area contributed by atoms with Gasteiger partial charge in [0.25, 0.3) is 0 Å². The fraction of sp³-hybridized carbons (Fsp3) is 0.913. The Kier molecular flexibility index (Phi) is 42.4. The molecule has 0 aliphatic carbocycles. The summed E-state index contributed by atoms with van der Waals surface area (Å²) in [6.07, 6.45) is 45.8. The third-order valence-corrected chi connectivity index (χ3v) is 11.4. The van der Waals surface area contributed by atoms with E-state index in [4.69, 9.17) is 13.8 Å². The monoisotopic (exact) mass is 816 g/mol. The van der Waals surface area contributed by atoms with Crippen molar-refractivity contribution in [3.63, 3.8) is 0 Å². The molecule has 0 aromatic heterocycles. The number of esters is 1. The molecular weight excluding hydrogens is 725 g/mol. The second kappa shape index (κ2) is 43.3. The van der Waals surface area contributed by atoms with Gasteiger partial charge in [-0.3, -0.25) is 18.6 Å². The molecule has 2 atom stereocenters. The lowest BCUT2D eigenvalue weighted by molar-refractivity contribution is -0.147. The topological polar surface area (TPSA) is 131 Å². The van der Waals surface area contributed by atoms with E-state index >= 15 is 0 Å². The van der Waals surface area contributed by atoms with E-state index in [2.05, 4.69) is 31.3 Å². The number of unbranched alkanes of at least 4 members (excludes halogenated alkanes) is 30. The molecule has 3 N–H and O–H groups in total. The van der Waals surface area contributed by atoms with E-state index in [9.17, 15) is 24.2 Å². The van der Waals surface area contributed by atoms with E-state index in [-0.39, 0.29) is 32.1 Å². The molecule has 0 bridgehead atoms. The number of allylic oxidation sites excluding steroid dienone is 2. The molecule has 56 heavy (non-hydrogen) atoms. The molecule has 0 aliphatic heterocycles. The predicted molar refractivity (Wildman–Crippen MR) is 234 cm³/mol. The first-order chi connectivity index (χ1) is 27.3. The van der Waals surface area contributed by atoms with Crippen LogP contribution in [-0.2, 0) is 27.9 Å². The van der Waals surface area contributed by atoms with Gasteiger partial charge in [-0.2, -0.15) is 0 Å². The van der Waals surface area contributed by atoms with Crippen molar-refractivity contribution in [1.82, 2.24) is 5.32 Å². The lowest BCUT2D eigenvalue weighted by atomic mass is 10.0. The number of aliphatic hydroxyl groups is 1. The molecule has 9 nitrogen and oxygen atoms in total. The van der Waals surface area contributed by atoms with Gasteiger partial charge in [0.2, 0.25) is 5.91 Å². The number of hydrogen-bond donors (Lipinski definition) is 3. The highest BCUT2D eigenvalue weighted by Crippen LogP contribution is 2.42. The lowest BCUT2D eigenvalue weighted by Crippen LogP contribution is -2.27. The number of hydrogen-bond acceptors (Lipinski definition) is 7. The third kappa shape index (κ3) is 43.9. The highest BCUT2D eigenvalue weighted by molar-refractivity contribution is 7.47. The van der Waals surface area contributed by atoms with Crippen LogP contribution in [0.15, 0.2) is 12.2 Å². The average Bonchev–Trinajstić information content (AvgIpc) is 3.18. The van der Waals surface area contributed by atoms with E-state index < -0.39 is 26.5 Å². The maximum Gasteiger partial charge on any atom is 0.472 e. The SMILES string of the molecule is CCCCCC/C=C\CCCCCCCC(=O)OCC(O)COP(=O)(O)OCCNC(=O)CCCCCCCCCCCCCCCCCCCCCCCC. The first-order valence-corrected chi connectivity index (χ1v) is 25.2. The Balaban J connectivity index is 3.52. The maximum atomic E-state index is 12.1. The van der Waals surface area contributed by atoms with Crippen LogP contribution in [0.1, 0.15) is 239 Å². The van der Waals surface area contributed by atoms with E-state index in [0.29, 0.717) is 6.42 Å². The third-order valence-electron chi connectivity index (χ3n) is 10.4. The number of carbonyl (C=O) groups is 2. The van der Waals surface area contributed by atoms with Crippen molar-refractivity contribution in [2.45, 2.75) is 245 Å². The van der Waals surface area contributed by atoms with Crippen LogP contribution < -0.4 is 5.32 Å². The van der Waals surface area contributed by atoms with Gasteiger partial charge >= 0.3 is 13.8 Å². The highest BCUT2D eigenvalue weighted by Gasteiger charge is 2.23. The molecule has 0 fully saturated rings. The molecule has 0 rings (SSSR count). The van der Waals surface area contributed by atoms with Crippen molar-refractivity contribution in [2.75, 3.05) is 26.4 Å². The molecule has 0 aromatic rings. The summed E-state index contributed by atoms with van der Waals surface area (Å²) in [6.45, 7) is 3.57. The molecule has 0 saturated carbocycles. The van der Waals surface area contributed by atoms with Crippen molar-refractivity contribution >= 4 is 19.7 Å². The van der Waals surface area contributed by atoms with Crippen LogP contribution in [-0.4, -0.2) is 54.3 Å². The van der Waals surface area contributed by atoms with Crippen molar-refractivity contribution in [3.05, 3.63) is 12.2 Å². The Bertz CT molecular complexity index is 933. The maximum absolute atomic E-state index is 12.1. The van der Waals surface area contributed by atoms with Gasteiger partial charge in [0.05, 0.1) is 13.2 Å². The van der Waals surface area contributed by atoms with E-state index in [1.165, 1.54) is 154 Å². The van der Waals surface area contributed by atoms with Crippen molar-refractivity contribution in [3.8, 4) is 0 Å². The van der Waals surface area contributed by atoms with Crippen molar-refractivity contribution in [2.24, 2.45) is 0 Å². The predicted octanol–water partition coefficient (Wildman–Crippen LogP) is 13.4. The number of aliphatic hydroxyl groups excluding tert-OH is 1. The van der Waals surface area contributed by atoms with Gasteiger partial charge in [-0.1, -0.05) is 199 Å². The number of carbonyl (C=O) groups excluding carboxylic acids is 2. The number of ether oxygens (including phenoxy) is 1. The minimum absolute atomic E-state index is 0.0858. The number of rotatable bonds is 45. The zero-order chi connectivity index (χ0) is 41.1. The van der Waals surface area contributed by atoms with E-state index in [1.807, 2.05) is 0 Å². The van der Waals surface area contributed by atoms with Gasteiger partial charge in [0.1, 0.15) is 12.7 Å². The largest absolute Gasteiger partial charge is 0.472 e. The van der Waals surface area contributed by atoms with Gasteiger partial charge in [-0.25, -0.2) is 4.57 Å². The van der Waals surface area contributed by atoms with Crippen molar-refractivity contribution in [1.29, 1.82) is 0 Å². The Labute approximate surface area is 345 Å². The van der Waals surface area contributed by atoms with Gasteiger partial charge < -0.3 is 20.1 Å². The fourth-order valence-electron chi connectivity index (χ4n) is 6.85. The minimum atomic E-state index is -4.41. The zero-order valence-electron chi connectivity index (χ0n) is 36.6. The fourth-order valence-corrected chi connectivity index (χ4v) is 7.60. The summed E-state index contributed by atoms with van der Waals surface area (Å²) in [6, 6.07) is 0. The molecule has 0 aliphatic rings. The number of phosphoric acid groups is 1. The van der Waals surface area contributed by atoms with Crippen molar-refractivity contribution < 1.29 is 37.9 Å². The standard InChI is InChI=1S/C46H90NO8P/c1-3-5-7-9-11-13-15-17-18-19-20-21-22-23-24-25-27-28-30-32-34-36-38-45(49)47-40-41-54-56(51,52)55-43-44(48)42-53-46(50)39-37-35-33-31-29-26-16-14-12-10-8-6-4-2/h14,16,44,48H,3-13,15,17-43H2,1-2H3,(H,47,49)(H,51,52)/b16-14-. The highest BCUT2D eigenvalue weighted by atomic mass is 31.2. The van der Waals surface area contributed by atoms with Crippen LogP contribution in [0.3, 0.4) is 0 Å². The second-order valence-corrected chi connectivity index (χ2v) is 17.5. The quantitative estimate of drug-likeness (QED) is 0.0240. The normalized spacial score (nSPS) is 13.3. The molecule has 10 heteroatoms. The van der Waals surface area contributed by atoms with Gasteiger partial charge in [-0.15, -0.1) is 0 Å². The van der Waals surface area contributed by atoms with Crippen LogP contribution >= 0.6 is 7.82 Å². The Hall–Kier alpha value is -1.25. The smallest absolute Gasteiger partial charge is 0.463 e. The van der Waals surface area contributed by atoms with E-state index in [1.54, 1.807) is 0 Å². The van der Waals surface area contributed by atoms with Gasteiger partial charge in [0, 0.05) is 19.4 Å². The molecule has 1 amide bonds. The number of nitrogens with one attached hydrogen (secondary N) is 1. The van der Waals surface area contributed by atoms with Gasteiger partial charge in [0.15, 0.2) is 0 Å². The summed E-state index contributed by atoms with van der Waals surface area (Å²) in [7, 11) is -4.41. The first-order valence-electron chi connectivity index (χ1n) is 23.7. The molecule has 0 spiro atoms. The molecule has 0 aromatic carbocycles. The summed E-state index contributed by atoms with van der Waals surface area (Å²) < 4.78 is 26.9. The van der Waals surface area contributed by atoms with Crippen LogP contribution in [0.2, 0.25) is 0 Å². The number of phosphoric ester groups is 1. The first kappa shape index (κ1) is 54.8. The molecule has 332 valence electrons. The van der Waals surface area contributed by atoms with Crippen LogP contribution in [0.25, 0.3) is 0 Å². The molecule has 0 heterocycles. The molecule has 0 radical (unpaired) electrons. The minimum Gasteiger partial charge on any atom is -0.463 e. The molecule has 2 unspecified atom stereocenters. The van der Waals surface area contributed by atoms with Crippen LogP contribution in [0.5, 0.6) is 0 Å². The summed E-state index contributed by atoms with van der Waals surface area (Å²) in [5, 5.41) is 12.7. The zero-order valence-corrected chi connectivity index (χ0v) is 37.5. The summed E-state index contributed by atoms with van der Waals surface area (Å²) >= 11 is 0. The van der Waals surface area contributed by atoms with Gasteiger partial charge in [-0.05, 0) is 38.5 Å². The Morgan fingerprint density at radius 1 is 0.536 bits per heavy atom. The average molecular weight is 816 g/mol.